The van der Waals surface area contributed by atoms with Crippen LogP contribution in [-0.2, 0) is 14.6 Å². The zero-order valence-electron chi connectivity index (χ0n) is 10.1. The first-order chi connectivity index (χ1) is 8.22. The van der Waals surface area contributed by atoms with Crippen molar-refractivity contribution in [2.24, 2.45) is 0 Å². The zero-order chi connectivity index (χ0) is 13.9. The van der Waals surface area contributed by atoms with Crippen LogP contribution in [0.1, 0.15) is 13.8 Å². The van der Waals surface area contributed by atoms with Gasteiger partial charge in [0, 0.05) is 5.69 Å². The molecule has 0 fully saturated rings. The van der Waals surface area contributed by atoms with Crippen LogP contribution in [0, 0.1) is 0 Å². The highest BCUT2D eigenvalue weighted by Crippen LogP contribution is 2.24. The number of sulfone groups is 1. The Hall–Kier alpha value is -1.27. The normalized spacial score (nSPS) is 11.6. The lowest BCUT2D eigenvalue weighted by atomic mass is 10.3. The van der Waals surface area contributed by atoms with Crippen LogP contribution >= 0.6 is 11.6 Å². The Balaban J connectivity index is 2.77. The summed E-state index contributed by atoms with van der Waals surface area (Å²) in [5.41, 5.74) is 6.31. The van der Waals surface area contributed by atoms with Gasteiger partial charge in [0.2, 0.25) is 5.91 Å². The summed E-state index contributed by atoms with van der Waals surface area (Å²) in [6.07, 6.45) is 0. The summed E-state index contributed by atoms with van der Waals surface area (Å²) >= 11 is 5.86. The number of carbonyl (C=O) groups excluding carboxylic acids is 1. The molecular formula is C11H15ClN2O3S. The number of carbonyl (C=O) groups is 1. The second-order valence-electron chi connectivity index (χ2n) is 4.14. The molecule has 0 bridgehead atoms. The van der Waals surface area contributed by atoms with E-state index in [1.165, 1.54) is 26.0 Å². The predicted octanol–water partition coefficient (Wildman–Crippen LogP) is 1.68. The van der Waals surface area contributed by atoms with E-state index < -0.39 is 26.7 Å². The summed E-state index contributed by atoms with van der Waals surface area (Å²) in [6.45, 7) is 3.05. The minimum absolute atomic E-state index is 0.269. The third kappa shape index (κ3) is 3.89. The average Bonchev–Trinajstić information content (AvgIpc) is 2.21. The predicted molar refractivity (Wildman–Crippen MR) is 73.4 cm³/mol. The molecule has 0 saturated carbocycles. The van der Waals surface area contributed by atoms with Crippen LogP contribution in [0.3, 0.4) is 0 Å². The van der Waals surface area contributed by atoms with Gasteiger partial charge in [-0.2, -0.15) is 0 Å². The number of nitrogen functional groups attached to an aromatic ring is 1. The lowest BCUT2D eigenvalue weighted by Gasteiger charge is -2.10. The SMILES string of the molecule is CC(C)S(=O)(=O)CC(=O)Nc1ccc(N)cc1Cl. The van der Waals surface area contributed by atoms with Gasteiger partial charge in [-0.05, 0) is 32.0 Å². The van der Waals surface area contributed by atoms with Crippen LogP contribution in [0.25, 0.3) is 0 Å². The fourth-order valence-electron chi connectivity index (χ4n) is 1.17. The Labute approximate surface area is 111 Å². The summed E-state index contributed by atoms with van der Waals surface area (Å²) in [5.74, 6) is -1.18. The fourth-order valence-corrected chi connectivity index (χ4v) is 2.18. The van der Waals surface area contributed by atoms with E-state index in [9.17, 15) is 13.2 Å². The number of nitrogens with two attached hydrogens (primary N) is 1. The number of hydrogen-bond acceptors (Lipinski definition) is 4. The maximum absolute atomic E-state index is 11.6. The molecule has 1 aromatic carbocycles. The number of anilines is 2. The Morgan fingerprint density at radius 1 is 1.44 bits per heavy atom. The standard InChI is InChI=1S/C11H15ClN2O3S/c1-7(2)18(16,17)6-11(15)14-10-4-3-8(13)5-9(10)12/h3-5,7H,6,13H2,1-2H3,(H,14,15). The molecule has 0 aromatic heterocycles. The van der Waals surface area contributed by atoms with Gasteiger partial charge in [0.05, 0.1) is 16.0 Å². The molecule has 0 aliphatic rings. The molecule has 18 heavy (non-hydrogen) atoms. The Morgan fingerprint density at radius 3 is 2.56 bits per heavy atom. The topological polar surface area (TPSA) is 89.3 Å². The molecule has 100 valence electrons. The Kier molecular flexibility index (Phi) is 4.59. The van der Waals surface area contributed by atoms with Gasteiger partial charge in [-0.3, -0.25) is 4.79 Å². The third-order valence-corrected chi connectivity index (χ3v) is 4.73. The third-order valence-electron chi connectivity index (χ3n) is 2.32. The van der Waals surface area contributed by atoms with Crippen LogP contribution in [0.5, 0.6) is 0 Å². The van der Waals surface area contributed by atoms with E-state index in [0.717, 1.165) is 0 Å². The average molecular weight is 291 g/mol. The van der Waals surface area contributed by atoms with Crippen molar-refractivity contribution in [1.29, 1.82) is 0 Å². The van der Waals surface area contributed by atoms with Crippen LogP contribution in [0.15, 0.2) is 18.2 Å². The largest absolute Gasteiger partial charge is 0.399 e. The van der Waals surface area contributed by atoms with Crippen molar-refractivity contribution in [3.05, 3.63) is 23.2 Å². The molecular weight excluding hydrogens is 276 g/mol. The summed E-state index contributed by atoms with van der Waals surface area (Å²) in [6, 6.07) is 4.57. The van der Waals surface area contributed by atoms with E-state index in [2.05, 4.69) is 5.32 Å². The van der Waals surface area contributed by atoms with Gasteiger partial charge in [0.25, 0.3) is 0 Å². The van der Waals surface area contributed by atoms with Crippen molar-refractivity contribution >= 4 is 38.7 Å². The molecule has 0 saturated heterocycles. The summed E-state index contributed by atoms with van der Waals surface area (Å²) in [4.78, 5) is 11.6. The van der Waals surface area contributed by atoms with E-state index in [1.54, 1.807) is 6.07 Å². The van der Waals surface area contributed by atoms with Crippen molar-refractivity contribution in [1.82, 2.24) is 0 Å². The number of rotatable bonds is 4. The summed E-state index contributed by atoms with van der Waals surface area (Å²) < 4.78 is 23.1. The minimum Gasteiger partial charge on any atom is -0.399 e. The quantitative estimate of drug-likeness (QED) is 0.826. The van der Waals surface area contributed by atoms with Crippen LogP contribution in [0.4, 0.5) is 11.4 Å². The molecule has 0 aliphatic carbocycles. The van der Waals surface area contributed by atoms with Crippen LogP contribution in [-0.4, -0.2) is 25.3 Å². The number of amides is 1. The highest BCUT2D eigenvalue weighted by atomic mass is 35.5. The lowest BCUT2D eigenvalue weighted by molar-refractivity contribution is -0.113. The monoisotopic (exact) mass is 290 g/mol. The fraction of sp³-hybridized carbons (Fsp3) is 0.364. The zero-order valence-corrected chi connectivity index (χ0v) is 11.7. The van der Waals surface area contributed by atoms with Gasteiger partial charge in [-0.1, -0.05) is 11.6 Å². The molecule has 0 unspecified atom stereocenters. The second-order valence-corrected chi connectivity index (χ2v) is 7.11. The number of nitrogens with one attached hydrogen (secondary N) is 1. The first-order valence-corrected chi connectivity index (χ1v) is 7.38. The van der Waals surface area contributed by atoms with Crippen molar-refractivity contribution in [2.45, 2.75) is 19.1 Å². The number of halogens is 1. The Bertz CT molecular complexity index is 555. The van der Waals surface area contributed by atoms with Gasteiger partial charge < -0.3 is 11.1 Å². The smallest absolute Gasteiger partial charge is 0.239 e. The maximum atomic E-state index is 11.6. The first-order valence-electron chi connectivity index (χ1n) is 5.29. The van der Waals surface area contributed by atoms with Crippen molar-refractivity contribution in [3.63, 3.8) is 0 Å². The number of hydrogen-bond donors (Lipinski definition) is 2. The highest BCUT2D eigenvalue weighted by Gasteiger charge is 2.21. The molecule has 3 N–H and O–H groups in total. The Morgan fingerprint density at radius 2 is 2.06 bits per heavy atom. The number of benzene rings is 1. The highest BCUT2D eigenvalue weighted by molar-refractivity contribution is 7.92. The van der Waals surface area contributed by atoms with Gasteiger partial charge in [-0.15, -0.1) is 0 Å². The van der Waals surface area contributed by atoms with Gasteiger partial charge in [0.1, 0.15) is 5.75 Å². The minimum atomic E-state index is -3.42. The summed E-state index contributed by atoms with van der Waals surface area (Å²) in [7, 11) is -3.42. The maximum Gasteiger partial charge on any atom is 0.239 e. The van der Waals surface area contributed by atoms with Crippen molar-refractivity contribution < 1.29 is 13.2 Å². The van der Waals surface area contributed by atoms with Crippen LogP contribution < -0.4 is 11.1 Å². The van der Waals surface area contributed by atoms with E-state index in [1.807, 2.05) is 0 Å². The molecule has 0 radical (unpaired) electrons. The summed E-state index contributed by atoms with van der Waals surface area (Å²) in [5, 5.41) is 2.12. The molecule has 7 heteroatoms. The second kappa shape index (κ2) is 5.58. The van der Waals surface area contributed by atoms with Gasteiger partial charge >= 0.3 is 0 Å². The molecule has 0 heterocycles. The van der Waals surface area contributed by atoms with Gasteiger partial charge in [0.15, 0.2) is 9.84 Å². The van der Waals surface area contributed by atoms with Crippen LogP contribution in [0.2, 0.25) is 5.02 Å². The molecule has 1 aromatic rings. The van der Waals surface area contributed by atoms with E-state index in [4.69, 9.17) is 17.3 Å². The lowest BCUT2D eigenvalue weighted by Crippen LogP contribution is -2.27. The van der Waals surface area contributed by atoms with Gasteiger partial charge in [-0.25, -0.2) is 8.42 Å². The molecule has 5 nitrogen and oxygen atoms in total. The first kappa shape index (κ1) is 14.8. The van der Waals surface area contributed by atoms with E-state index >= 15 is 0 Å². The van der Waals surface area contributed by atoms with Crippen molar-refractivity contribution in [2.75, 3.05) is 16.8 Å². The molecule has 1 amide bonds. The molecule has 1 rings (SSSR count). The van der Waals surface area contributed by atoms with E-state index in [0.29, 0.717) is 11.4 Å². The van der Waals surface area contributed by atoms with E-state index in [-0.39, 0.29) is 5.02 Å². The molecule has 0 aliphatic heterocycles. The van der Waals surface area contributed by atoms with Crippen molar-refractivity contribution in [3.8, 4) is 0 Å². The molecule has 0 atom stereocenters. The molecule has 0 spiro atoms.